The Balaban J connectivity index is -0.0000000525. The monoisotopic (exact) mass is 436 g/mol. The predicted octanol–water partition coefficient (Wildman–Crippen LogP) is 0.124. The Morgan fingerprint density at radius 2 is 0.895 bits per heavy atom. The molecule has 9 heteroatoms. The number of aliphatic hydroxyl groups excluding tert-OH is 2. The van der Waals surface area contributed by atoms with Gasteiger partial charge in [0, 0.05) is 0 Å². The molecule has 0 spiro atoms. The second-order valence-corrected chi connectivity index (χ2v) is 9.10. The van der Waals surface area contributed by atoms with Crippen LogP contribution < -0.4 is 0 Å². The van der Waals surface area contributed by atoms with E-state index in [1.54, 1.807) is 0 Å². The van der Waals surface area contributed by atoms with Crippen LogP contribution >= 0.6 is 19.6 Å². The predicted molar refractivity (Wildman–Crippen MR) is 92.7 cm³/mol. The third-order valence-corrected chi connectivity index (χ3v) is 1.54. The first-order valence-corrected chi connectivity index (χ1v) is 10.9. The van der Waals surface area contributed by atoms with Gasteiger partial charge in [-0.1, -0.05) is 0 Å². The van der Waals surface area contributed by atoms with Crippen LogP contribution in [-0.4, -0.2) is 87.8 Å². The average Bonchev–Trinajstić information content (AvgIpc) is 2.01. The number of rotatable bonds is 4. The summed E-state index contributed by atoms with van der Waals surface area (Å²) in [7, 11) is 21.0. The summed E-state index contributed by atoms with van der Waals surface area (Å²) in [5.74, 6) is 0. The molecule has 0 aromatic rings. The second-order valence-electron chi connectivity index (χ2n) is 5.54. The van der Waals surface area contributed by atoms with E-state index in [1.807, 2.05) is 0 Å². The van der Waals surface area contributed by atoms with Crippen LogP contribution in [0.25, 0.3) is 0 Å². The third-order valence-electron chi connectivity index (χ3n) is 1.54. The molecular weight excluding hydrogens is 404 g/mol. The van der Waals surface area contributed by atoms with Crippen molar-refractivity contribution < 1.29 is 34.1 Å². The Bertz CT molecular complexity index is 187. The summed E-state index contributed by atoms with van der Waals surface area (Å²) in [6, 6.07) is 0. The van der Waals surface area contributed by atoms with Gasteiger partial charge in [0.05, 0.1) is 55.5 Å². The van der Waals surface area contributed by atoms with Gasteiger partial charge in [0.15, 0.2) is 0 Å². The van der Waals surface area contributed by atoms with Crippen LogP contribution in [0.5, 0.6) is 0 Å². The van der Waals surface area contributed by atoms with Crippen molar-refractivity contribution in [3.8, 4) is 0 Å². The third kappa shape index (κ3) is 65.7. The van der Waals surface area contributed by atoms with Crippen LogP contribution in [0.3, 0.4) is 0 Å². The van der Waals surface area contributed by atoms with Crippen LogP contribution in [0.2, 0.25) is 0 Å². The number of hydrogen-bond donors (Lipinski definition) is 2. The number of thiol groups is 2. The van der Waals surface area contributed by atoms with Gasteiger partial charge in [0.25, 0.3) is 0 Å². The van der Waals surface area contributed by atoms with E-state index in [0.29, 0.717) is 0 Å². The summed E-state index contributed by atoms with van der Waals surface area (Å²) in [4.78, 5) is 0. The Hall–Kier alpha value is 1.67. The maximum absolute atomic E-state index is 8.39. The number of quaternary nitrogens is 2. The van der Waals surface area contributed by atoms with Crippen molar-refractivity contribution in [1.82, 2.24) is 0 Å². The van der Waals surface area contributed by atoms with Crippen molar-refractivity contribution in [3.05, 3.63) is 0 Å². The van der Waals surface area contributed by atoms with Crippen LogP contribution in [0.1, 0.15) is 0 Å². The average molecular weight is 435 g/mol. The van der Waals surface area contributed by atoms with E-state index >= 15 is 0 Å². The summed E-state index contributed by atoms with van der Waals surface area (Å²) in [6.45, 7) is 2.23. The zero-order valence-electron chi connectivity index (χ0n) is 12.7. The van der Waals surface area contributed by atoms with Gasteiger partial charge < -0.3 is 46.2 Å². The van der Waals surface area contributed by atoms with Gasteiger partial charge in [-0.3, -0.25) is 0 Å². The number of likely N-dealkylation sites (N-methyl/N-ethyl adjacent to an activating group) is 2. The molecule has 0 bridgehead atoms. The molecule has 0 aromatic heterocycles. The molecule has 0 rings (SSSR count). The summed E-state index contributed by atoms with van der Waals surface area (Å²) in [5.41, 5.74) is 0. The Morgan fingerprint density at radius 1 is 0.737 bits per heavy atom. The number of nitrogens with zero attached hydrogens (tertiary/aromatic N) is 2. The minimum absolute atomic E-state index is 0. The molecule has 0 amide bonds. The van der Waals surface area contributed by atoms with E-state index < -0.39 is 0 Å². The molecule has 0 heterocycles. The van der Waals surface area contributed by atoms with Crippen LogP contribution in [0, 0.1) is 0 Å². The Kier molecular flexibility index (Phi) is 33.7. The zero-order valence-corrected chi connectivity index (χ0v) is 18.2. The van der Waals surface area contributed by atoms with Crippen molar-refractivity contribution in [1.29, 1.82) is 0 Å². The standard InChI is InChI=1S/2C5H14NO.Mo.2H2S.2S/c2*1-6(2,3)4-5-7;;;;;/h2*7H,4-5H2,1-3H3;;2*1H2;;/q2*+1;;;;;/p-2. The zero-order chi connectivity index (χ0) is 14.5. The van der Waals surface area contributed by atoms with Gasteiger partial charge in [0.1, 0.15) is 13.1 Å². The molecule has 0 saturated heterocycles. The first-order chi connectivity index (χ1) is 7.54. The molecule has 0 aromatic carbocycles. The first-order valence-electron chi connectivity index (χ1n) is 5.28. The van der Waals surface area contributed by atoms with E-state index in [4.69, 9.17) is 10.2 Å². The minimum atomic E-state index is -0.363. The van der Waals surface area contributed by atoms with Crippen molar-refractivity contribution in [3.63, 3.8) is 0 Å². The van der Waals surface area contributed by atoms with Crippen LogP contribution in [0.4, 0.5) is 0 Å². The van der Waals surface area contributed by atoms with E-state index in [1.165, 1.54) is 0 Å². The van der Waals surface area contributed by atoms with Gasteiger partial charge >= 0.3 is 34.6 Å². The normalized spacial score (nSPS) is 9.47. The summed E-state index contributed by atoms with van der Waals surface area (Å²) >= 11 is -0.363. The van der Waals surface area contributed by atoms with E-state index in [0.717, 1.165) is 22.1 Å². The molecule has 2 N–H and O–H groups in total. The molecule has 0 aliphatic carbocycles. The van der Waals surface area contributed by atoms with Crippen molar-refractivity contribution in [2.45, 2.75) is 0 Å². The molecular formula is C10H30MoN2O2S4. The Morgan fingerprint density at radius 3 is 0.895 bits per heavy atom. The van der Waals surface area contributed by atoms with Gasteiger partial charge in [-0.15, -0.1) is 0 Å². The van der Waals surface area contributed by atoms with Gasteiger partial charge in [-0.2, -0.15) is 0 Å². The molecule has 0 fully saturated rings. The van der Waals surface area contributed by atoms with Crippen LogP contribution in [-0.2, 0) is 41.9 Å². The summed E-state index contributed by atoms with van der Waals surface area (Å²) in [6.07, 6.45) is 0. The first kappa shape index (κ1) is 32.6. The molecule has 19 heavy (non-hydrogen) atoms. The molecule has 0 atom stereocenters. The van der Waals surface area contributed by atoms with Crippen molar-refractivity contribution in [2.75, 3.05) is 68.6 Å². The van der Waals surface area contributed by atoms with E-state index in [2.05, 4.69) is 61.9 Å². The second kappa shape index (κ2) is 19.7. The van der Waals surface area contributed by atoms with Gasteiger partial charge in [-0.05, 0) is 0 Å². The van der Waals surface area contributed by atoms with Crippen molar-refractivity contribution in [2.24, 2.45) is 0 Å². The fraction of sp³-hybridized carbons (Fsp3) is 1.00. The fourth-order valence-electron chi connectivity index (χ4n) is 0.600. The Labute approximate surface area is 148 Å². The van der Waals surface area contributed by atoms with E-state index in [9.17, 15) is 0 Å². The molecule has 0 aliphatic heterocycles. The summed E-state index contributed by atoms with van der Waals surface area (Å²) in [5, 5.41) is 16.8. The number of hydrogen-bond acceptors (Lipinski definition) is 6. The molecule has 4 nitrogen and oxygen atoms in total. The number of aliphatic hydroxyl groups is 2. The molecule has 122 valence electrons. The SMILES string of the molecule is C[N+](C)(C)CCO.C[N+](C)(C)CCO.[SH-].[SH-].[S]=[Mo]=[S]. The molecule has 0 unspecified atom stereocenters. The maximum atomic E-state index is 8.39. The molecule has 0 aliphatic rings. The van der Waals surface area contributed by atoms with E-state index in [-0.39, 0.29) is 55.1 Å². The van der Waals surface area contributed by atoms with Gasteiger partial charge in [0.2, 0.25) is 0 Å². The molecule has 0 radical (unpaired) electrons. The topological polar surface area (TPSA) is 40.5 Å². The van der Waals surface area contributed by atoms with Crippen LogP contribution in [0.15, 0.2) is 0 Å². The summed E-state index contributed by atoms with van der Waals surface area (Å²) < 4.78 is 1.69. The fourth-order valence-corrected chi connectivity index (χ4v) is 0.600. The quantitative estimate of drug-likeness (QED) is 0.284. The van der Waals surface area contributed by atoms with Gasteiger partial charge in [-0.25, -0.2) is 0 Å². The van der Waals surface area contributed by atoms with Crippen molar-refractivity contribution >= 4 is 46.6 Å². The molecule has 0 saturated carbocycles.